The highest BCUT2D eigenvalue weighted by molar-refractivity contribution is 14.1. The number of amides is 1. The minimum Gasteiger partial charge on any atom is -0.444 e. The van der Waals surface area contributed by atoms with Crippen LogP contribution >= 0.6 is 22.6 Å². The van der Waals surface area contributed by atoms with Crippen molar-refractivity contribution in [3.63, 3.8) is 0 Å². The van der Waals surface area contributed by atoms with E-state index in [1.165, 1.54) is 5.56 Å². The average molecular weight is 417 g/mol. The molecule has 2 N–H and O–H groups in total. The van der Waals surface area contributed by atoms with Crippen LogP contribution < -0.4 is 10.6 Å². The molecule has 0 aromatic heterocycles. The molecule has 122 valence electrons. The van der Waals surface area contributed by atoms with Crippen molar-refractivity contribution in [2.75, 3.05) is 31.5 Å². The Bertz CT molecular complexity index is 523. The van der Waals surface area contributed by atoms with Crippen LogP contribution in [0.3, 0.4) is 0 Å². The van der Waals surface area contributed by atoms with Crippen LogP contribution in [0.2, 0.25) is 0 Å². The van der Waals surface area contributed by atoms with E-state index in [2.05, 4.69) is 44.2 Å². The molecule has 1 heterocycles. The van der Waals surface area contributed by atoms with Gasteiger partial charge in [0.05, 0.1) is 0 Å². The van der Waals surface area contributed by atoms with Crippen LogP contribution in [0.5, 0.6) is 0 Å². The summed E-state index contributed by atoms with van der Waals surface area (Å²) in [4.78, 5) is 14.3. The lowest BCUT2D eigenvalue weighted by Crippen LogP contribution is -2.42. The molecule has 0 aliphatic carbocycles. The van der Waals surface area contributed by atoms with Gasteiger partial charge in [0.15, 0.2) is 0 Å². The van der Waals surface area contributed by atoms with E-state index in [1.54, 1.807) is 0 Å². The SMILES string of the molecule is CC(C)(C)OC(=O)Nc1cc(I)cc(CN2CCNCC2)c1. The Hall–Kier alpha value is -0.860. The van der Waals surface area contributed by atoms with E-state index in [1.807, 2.05) is 32.9 Å². The van der Waals surface area contributed by atoms with Crippen molar-refractivity contribution in [3.8, 4) is 0 Å². The molecule has 0 spiro atoms. The van der Waals surface area contributed by atoms with Crippen LogP contribution in [0.4, 0.5) is 10.5 Å². The highest BCUT2D eigenvalue weighted by Crippen LogP contribution is 2.19. The number of nitrogens with one attached hydrogen (secondary N) is 2. The summed E-state index contributed by atoms with van der Waals surface area (Å²) >= 11 is 2.28. The Balaban J connectivity index is 2.01. The van der Waals surface area contributed by atoms with Crippen molar-refractivity contribution in [2.45, 2.75) is 32.9 Å². The van der Waals surface area contributed by atoms with Gasteiger partial charge in [0, 0.05) is 42.0 Å². The van der Waals surface area contributed by atoms with Gasteiger partial charge in [-0.25, -0.2) is 4.79 Å². The Kier molecular flexibility index (Phi) is 6.05. The van der Waals surface area contributed by atoms with Crippen LogP contribution in [0.25, 0.3) is 0 Å². The second-order valence-electron chi connectivity index (χ2n) is 6.50. The van der Waals surface area contributed by atoms with Gasteiger partial charge in [-0.05, 0) is 67.1 Å². The molecule has 0 atom stereocenters. The third kappa shape index (κ3) is 6.10. The standard InChI is InChI=1S/C16H24IN3O2/c1-16(2,3)22-15(21)19-14-9-12(8-13(17)10-14)11-20-6-4-18-5-7-20/h8-10,18H,4-7,11H2,1-3H3,(H,19,21). The summed E-state index contributed by atoms with van der Waals surface area (Å²) in [5, 5.41) is 6.17. The van der Waals surface area contributed by atoms with Crippen LogP contribution in [-0.4, -0.2) is 42.8 Å². The fourth-order valence-electron chi connectivity index (χ4n) is 2.36. The Labute approximate surface area is 145 Å². The van der Waals surface area contributed by atoms with E-state index in [0.29, 0.717) is 0 Å². The zero-order valence-electron chi connectivity index (χ0n) is 13.4. The van der Waals surface area contributed by atoms with Crippen LogP contribution in [0.15, 0.2) is 18.2 Å². The Morgan fingerprint density at radius 1 is 1.32 bits per heavy atom. The van der Waals surface area contributed by atoms with Crippen LogP contribution in [0, 0.1) is 3.57 Å². The van der Waals surface area contributed by atoms with Crippen LogP contribution in [-0.2, 0) is 11.3 Å². The maximum Gasteiger partial charge on any atom is 0.412 e. The molecule has 5 nitrogen and oxygen atoms in total. The molecular formula is C16H24IN3O2. The van der Waals surface area contributed by atoms with Gasteiger partial charge in [-0.3, -0.25) is 10.2 Å². The normalized spacial score (nSPS) is 16.4. The molecule has 1 amide bonds. The fraction of sp³-hybridized carbons (Fsp3) is 0.562. The largest absolute Gasteiger partial charge is 0.444 e. The molecule has 1 saturated heterocycles. The van der Waals surface area contributed by atoms with Crippen molar-refractivity contribution in [3.05, 3.63) is 27.3 Å². The molecule has 1 aromatic rings. The molecule has 0 saturated carbocycles. The van der Waals surface area contributed by atoms with E-state index in [9.17, 15) is 4.79 Å². The van der Waals surface area contributed by atoms with Crippen molar-refractivity contribution < 1.29 is 9.53 Å². The predicted octanol–water partition coefficient (Wildman–Crippen LogP) is 3.04. The smallest absolute Gasteiger partial charge is 0.412 e. The van der Waals surface area contributed by atoms with Gasteiger partial charge in [-0.1, -0.05) is 0 Å². The summed E-state index contributed by atoms with van der Waals surface area (Å²) in [6.07, 6.45) is -0.414. The van der Waals surface area contributed by atoms with Gasteiger partial charge in [0.25, 0.3) is 0 Å². The fourth-order valence-corrected chi connectivity index (χ4v) is 3.10. The number of nitrogens with zero attached hydrogens (tertiary/aromatic N) is 1. The zero-order valence-corrected chi connectivity index (χ0v) is 15.6. The number of anilines is 1. The van der Waals surface area contributed by atoms with Crippen molar-refractivity contribution >= 4 is 34.4 Å². The molecule has 0 radical (unpaired) electrons. The first kappa shape index (κ1) is 17.5. The summed E-state index contributed by atoms with van der Waals surface area (Å²) in [5.74, 6) is 0. The second-order valence-corrected chi connectivity index (χ2v) is 7.75. The van der Waals surface area contributed by atoms with Crippen molar-refractivity contribution in [2.24, 2.45) is 0 Å². The predicted molar refractivity (Wildman–Crippen MR) is 97.2 cm³/mol. The number of rotatable bonds is 3. The molecule has 2 rings (SSSR count). The third-order valence-corrected chi connectivity index (χ3v) is 3.84. The highest BCUT2D eigenvalue weighted by Gasteiger charge is 2.17. The van der Waals surface area contributed by atoms with Crippen LogP contribution in [0.1, 0.15) is 26.3 Å². The lowest BCUT2D eigenvalue weighted by atomic mass is 10.1. The number of piperazine rings is 1. The molecule has 6 heteroatoms. The van der Waals surface area contributed by atoms with Gasteiger partial charge >= 0.3 is 6.09 Å². The summed E-state index contributed by atoms with van der Waals surface area (Å²) in [6, 6.07) is 6.13. The molecule has 22 heavy (non-hydrogen) atoms. The second kappa shape index (κ2) is 7.61. The number of hydrogen-bond acceptors (Lipinski definition) is 4. The Morgan fingerprint density at radius 3 is 2.64 bits per heavy atom. The number of benzene rings is 1. The first-order valence-electron chi connectivity index (χ1n) is 7.54. The third-order valence-electron chi connectivity index (χ3n) is 3.22. The van der Waals surface area contributed by atoms with Gasteiger partial charge in [0.1, 0.15) is 5.60 Å². The quantitative estimate of drug-likeness (QED) is 0.743. The molecule has 1 fully saturated rings. The van der Waals surface area contributed by atoms with Gasteiger partial charge in [-0.2, -0.15) is 0 Å². The summed E-state index contributed by atoms with van der Waals surface area (Å²) < 4.78 is 6.41. The number of carbonyl (C=O) groups is 1. The monoisotopic (exact) mass is 417 g/mol. The molecule has 1 aromatic carbocycles. The van der Waals surface area contributed by atoms with E-state index >= 15 is 0 Å². The van der Waals surface area contributed by atoms with Gasteiger partial charge < -0.3 is 10.1 Å². The summed E-state index contributed by atoms with van der Waals surface area (Å²) in [6.45, 7) is 10.7. The maximum atomic E-state index is 11.9. The molecule has 1 aliphatic rings. The van der Waals surface area contributed by atoms with Crippen molar-refractivity contribution in [1.82, 2.24) is 10.2 Å². The number of carbonyl (C=O) groups excluding carboxylic acids is 1. The van der Waals surface area contributed by atoms with E-state index in [4.69, 9.17) is 4.74 Å². The Morgan fingerprint density at radius 2 is 2.00 bits per heavy atom. The highest BCUT2D eigenvalue weighted by atomic mass is 127. The molecule has 0 unspecified atom stereocenters. The number of ether oxygens (including phenoxy) is 1. The number of halogens is 1. The van der Waals surface area contributed by atoms with Gasteiger partial charge in [-0.15, -0.1) is 0 Å². The topological polar surface area (TPSA) is 53.6 Å². The molecule has 0 bridgehead atoms. The van der Waals surface area contributed by atoms with E-state index < -0.39 is 11.7 Å². The summed E-state index contributed by atoms with van der Waals surface area (Å²) in [7, 11) is 0. The van der Waals surface area contributed by atoms with Gasteiger partial charge in [0.2, 0.25) is 0 Å². The van der Waals surface area contributed by atoms with Crippen molar-refractivity contribution in [1.29, 1.82) is 0 Å². The molecule has 1 aliphatic heterocycles. The zero-order chi connectivity index (χ0) is 16.2. The first-order valence-corrected chi connectivity index (χ1v) is 8.62. The average Bonchev–Trinajstić information content (AvgIpc) is 2.36. The lowest BCUT2D eigenvalue weighted by molar-refractivity contribution is 0.0636. The lowest BCUT2D eigenvalue weighted by Gasteiger charge is -2.27. The maximum absolute atomic E-state index is 11.9. The molecular weight excluding hydrogens is 393 g/mol. The first-order chi connectivity index (χ1) is 10.3. The number of hydrogen-bond donors (Lipinski definition) is 2. The van der Waals surface area contributed by atoms with E-state index in [-0.39, 0.29) is 0 Å². The van der Waals surface area contributed by atoms with E-state index in [0.717, 1.165) is 42.0 Å². The summed E-state index contributed by atoms with van der Waals surface area (Å²) in [5.41, 5.74) is 1.50. The minimum absolute atomic E-state index is 0.414. The minimum atomic E-state index is -0.490.